The van der Waals surface area contributed by atoms with Crippen molar-refractivity contribution in [2.45, 2.75) is 18.9 Å². The number of hydrogen-bond donors (Lipinski definition) is 1. The first-order valence-corrected chi connectivity index (χ1v) is 5.35. The molecule has 0 aliphatic carbocycles. The monoisotopic (exact) mass is 213 g/mol. The normalized spacial score (nSPS) is 21.5. The maximum Gasteiger partial charge on any atom is 0.275 e. The summed E-state index contributed by atoms with van der Waals surface area (Å²) in [6.45, 7) is 0.741. The van der Waals surface area contributed by atoms with E-state index >= 15 is 0 Å². The average Bonchev–Trinajstić information content (AvgIpc) is 2.87. The van der Waals surface area contributed by atoms with Gasteiger partial charge in [-0.2, -0.15) is 0 Å². The van der Waals surface area contributed by atoms with Crippen molar-refractivity contribution in [3.63, 3.8) is 0 Å². The second-order valence-electron chi connectivity index (χ2n) is 3.27. The Bertz CT molecular complexity index is 314. The highest BCUT2D eigenvalue weighted by Gasteiger charge is 2.29. The summed E-state index contributed by atoms with van der Waals surface area (Å²) in [5.41, 5.74) is 0.385. The molecule has 2 heterocycles. The molecule has 1 N–H and O–H groups in total. The van der Waals surface area contributed by atoms with Crippen LogP contribution < -0.4 is 0 Å². The standard InChI is InChI=1S/C8H11N3O2S/c12-4-6-2-1-3-11(6)8(13)7-5-14-10-9-7/h5-6,12H,1-4H2/t6-/m0/s1. The quantitative estimate of drug-likeness (QED) is 0.758. The van der Waals surface area contributed by atoms with E-state index in [9.17, 15) is 4.79 Å². The van der Waals surface area contributed by atoms with Gasteiger partial charge in [0.15, 0.2) is 5.69 Å². The van der Waals surface area contributed by atoms with Crippen molar-refractivity contribution in [2.75, 3.05) is 13.2 Å². The predicted molar refractivity (Wildman–Crippen MR) is 51.1 cm³/mol. The zero-order valence-electron chi connectivity index (χ0n) is 7.59. The molecule has 76 valence electrons. The molecule has 0 spiro atoms. The van der Waals surface area contributed by atoms with E-state index in [4.69, 9.17) is 5.11 Å². The van der Waals surface area contributed by atoms with Gasteiger partial charge in [-0.1, -0.05) is 4.49 Å². The van der Waals surface area contributed by atoms with Crippen molar-refractivity contribution >= 4 is 17.4 Å². The fraction of sp³-hybridized carbons (Fsp3) is 0.625. The Labute approximate surface area is 85.5 Å². The lowest BCUT2D eigenvalue weighted by Gasteiger charge is -2.21. The average molecular weight is 213 g/mol. The molecule has 2 rings (SSSR count). The maximum absolute atomic E-state index is 11.8. The molecule has 1 saturated heterocycles. The minimum atomic E-state index is -0.115. The van der Waals surface area contributed by atoms with E-state index in [2.05, 4.69) is 9.59 Å². The van der Waals surface area contributed by atoms with Gasteiger partial charge in [-0.05, 0) is 24.4 Å². The zero-order chi connectivity index (χ0) is 9.97. The van der Waals surface area contributed by atoms with Crippen LogP contribution in [0.5, 0.6) is 0 Å². The third-order valence-electron chi connectivity index (χ3n) is 2.43. The summed E-state index contributed by atoms with van der Waals surface area (Å²) in [7, 11) is 0. The van der Waals surface area contributed by atoms with Crippen LogP contribution in [0.4, 0.5) is 0 Å². The molecule has 1 amide bonds. The van der Waals surface area contributed by atoms with Gasteiger partial charge in [0.25, 0.3) is 5.91 Å². The molecule has 1 fully saturated rings. The number of carbonyl (C=O) groups excluding carboxylic acids is 1. The van der Waals surface area contributed by atoms with E-state index in [0.717, 1.165) is 24.4 Å². The molecule has 1 aliphatic rings. The van der Waals surface area contributed by atoms with Gasteiger partial charge < -0.3 is 10.0 Å². The van der Waals surface area contributed by atoms with Gasteiger partial charge >= 0.3 is 0 Å². The van der Waals surface area contributed by atoms with Crippen molar-refractivity contribution < 1.29 is 9.90 Å². The number of aliphatic hydroxyl groups excluding tert-OH is 1. The van der Waals surface area contributed by atoms with Crippen LogP contribution in [-0.2, 0) is 0 Å². The highest BCUT2D eigenvalue weighted by Crippen LogP contribution is 2.19. The second-order valence-corrected chi connectivity index (χ2v) is 3.88. The summed E-state index contributed by atoms with van der Waals surface area (Å²) in [6, 6.07) is -0.0378. The molecule has 1 aromatic heterocycles. The van der Waals surface area contributed by atoms with Crippen LogP contribution in [0.3, 0.4) is 0 Å². The van der Waals surface area contributed by atoms with Crippen molar-refractivity contribution in [1.29, 1.82) is 0 Å². The molecule has 6 heteroatoms. The summed E-state index contributed by atoms with van der Waals surface area (Å²) in [4.78, 5) is 13.5. The minimum absolute atomic E-state index is 0.0311. The molecule has 0 unspecified atom stereocenters. The predicted octanol–water partition coefficient (Wildman–Crippen LogP) is 0.135. The van der Waals surface area contributed by atoms with E-state index in [0.29, 0.717) is 12.2 Å². The smallest absolute Gasteiger partial charge is 0.275 e. The number of likely N-dealkylation sites (tertiary alicyclic amines) is 1. The Balaban J connectivity index is 2.11. The lowest BCUT2D eigenvalue weighted by atomic mass is 10.2. The Morgan fingerprint density at radius 2 is 2.64 bits per heavy atom. The highest BCUT2D eigenvalue weighted by molar-refractivity contribution is 7.03. The molecular formula is C8H11N3O2S. The van der Waals surface area contributed by atoms with E-state index in [1.807, 2.05) is 0 Å². The summed E-state index contributed by atoms with van der Waals surface area (Å²) in [6.07, 6.45) is 1.83. The fourth-order valence-electron chi connectivity index (χ4n) is 1.70. The molecule has 14 heavy (non-hydrogen) atoms. The topological polar surface area (TPSA) is 66.3 Å². The molecule has 5 nitrogen and oxygen atoms in total. The molecular weight excluding hydrogens is 202 g/mol. The van der Waals surface area contributed by atoms with Crippen LogP contribution in [-0.4, -0.2) is 44.7 Å². The molecule has 0 radical (unpaired) electrons. The molecule has 0 aromatic carbocycles. The number of hydrogen-bond acceptors (Lipinski definition) is 5. The van der Waals surface area contributed by atoms with Gasteiger partial charge in [-0.3, -0.25) is 4.79 Å². The van der Waals surface area contributed by atoms with Crippen molar-refractivity contribution in [2.24, 2.45) is 0 Å². The molecule has 1 aliphatic heterocycles. The Morgan fingerprint density at radius 3 is 3.29 bits per heavy atom. The van der Waals surface area contributed by atoms with Crippen LogP contribution in [0.25, 0.3) is 0 Å². The number of aliphatic hydroxyl groups is 1. The first-order chi connectivity index (χ1) is 6.83. The van der Waals surface area contributed by atoms with E-state index in [1.54, 1.807) is 10.3 Å². The Hall–Kier alpha value is -1.01. The van der Waals surface area contributed by atoms with Crippen LogP contribution in [0.2, 0.25) is 0 Å². The van der Waals surface area contributed by atoms with Gasteiger partial charge in [0.2, 0.25) is 0 Å². The lowest BCUT2D eigenvalue weighted by Crippen LogP contribution is -2.37. The molecule has 1 aromatic rings. The summed E-state index contributed by atoms with van der Waals surface area (Å²) in [5, 5.41) is 14.4. The van der Waals surface area contributed by atoms with Crippen LogP contribution in [0.15, 0.2) is 5.38 Å². The first-order valence-electron chi connectivity index (χ1n) is 4.52. The van der Waals surface area contributed by atoms with Crippen LogP contribution in [0.1, 0.15) is 23.3 Å². The number of nitrogens with zero attached hydrogens (tertiary/aromatic N) is 3. The van der Waals surface area contributed by atoms with Crippen molar-refractivity contribution in [3.05, 3.63) is 11.1 Å². The van der Waals surface area contributed by atoms with Gasteiger partial charge in [0, 0.05) is 11.9 Å². The van der Waals surface area contributed by atoms with E-state index in [-0.39, 0.29) is 18.6 Å². The summed E-state index contributed by atoms with van der Waals surface area (Å²) >= 11 is 1.16. The summed E-state index contributed by atoms with van der Waals surface area (Å²) in [5.74, 6) is -0.115. The highest BCUT2D eigenvalue weighted by atomic mass is 32.1. The SMILES string of the molecule is O=C(c1csnn1)N1CCC[C@H]1CO. The van der Waals surface area contributed by atoms with Crippen molar-refractivity contribution in [1.82, 2.24) is 14.5 Å². The molecule has 0 bridgehead atoms. The number of aromatic nitrogens is 2. The third-order valence-corrected chi connectivity index (χ3v) is 2.93. The lowest BCUT2D eigenvalue weighted by molar-refractivity contribution is 0.0672. The molecule has 0 saturated carbocycles. The second kappa shape index (κ2) is 4.02. The fourth-order valence-corrected chi connectivity index (χ4v) is 2.13. The number of amides is 1. The zero-order valence-corrected chi connectivity index (χ0v) is 8.40. The van der Waals surface area contributed by atoms with Gasteiger partial charge in [-0.15, -0.1) is 5.10 Å². The number of carbonyl (C=O) groups is 1. The van der Waals surface area contributed by atoms with Gasteiger partial charge in [0.1, 0.15) is 0 Å². The Kier molecular flexibility index (Phi) is 2.74. The van der Waals surface area contributed by atoms with Crippen molar-refractivity contribution in [3.8, 4) is 0 Å². The van der Waals surface area contributed by atoms with Crippen LogP contribution in [0, 0.1) is 0 Å². The largest absolute Gasteiger partial charge is 0.394 e. The Morgan fingerprint density at radius 1 is 1.79 bits per heavy atom. The first kappa shape index (κ1) is 9.54. The number of rotatable bonds is 2. The van der Waals surface area contributed by atoms with E-state index in [1.165, 1.54) is 0 Å². The third kappa shape index (κ3) is 1.62. The van der Waals surface area contributed by atoms with Crippen LogP contribution >= 0.6 is 11.5 Å². The van der Waals surface area contributed by atoms with E-state index < -0.39 is 0 Å². The summed E-state index contributed by atoms with van der Waals surface area (Å²) < 4.78 is 3.65. The van der Waals surface area contributed by atoms with Gasteiger partial charge in [-0.25, -0.2) is 0 Å². The maximum atomic E-state index is 11.8. The van der Waals surface area contributed by atoms with Gasteiger partial charge in [0.05, 0.1) is 12.6 Å². The minimum Gasteiger partial charge on any atom is -0.394 e. The molecule has 1 atom stereocenters.